The van der Waals surface area contributed by atoms with Crippen LogP contribution in [0.5, 0.6) is 0 Å². The van der Waals surface area contributed by atoms with E-state index < -0.39 is 5.97 Å². The van der Waals surface area contributed by atoms with E-state index in [0.717, 1.165) is 24.7 Å². The van der Waals surface area contributed by atoms with Gasteiger partial charge in [-0.05, 0) is 43.1 Å². The molecular weight excluding hydrogens is 202 g/mol. The summed E-state index contributed by atoms with van der Waals surface area (Å²) in [5, 5.41) is 9.00. The second-order valence-corrected chi connectivity index (χ2v) is 5.82. The molecule has 2 aliphatic rings. The number of hydrogen-bond acceptors (Lipinski definition) is 2. The Morgan fingerprint density at radius 1 is 1.25 bits per heavy atom. The summed E-state index contributed by atoms with van der Waals surface area (Å²) in [6.45, 7) is 0.544. The van der Waals surface area contributed by atoms with Crippen LogP contribution in [0, 0.1) is 17.3 Å². The number of carbonyl (C=O) groups is 1. The first-order valence-electron chi connectivity index (χ1n) is 6.57. The molecule has 16 heavy (non-hydrogen) atoms. The maximum atomic E-state index is 10.9. The molecule has 0 bridgehead atoms. The Labute approximate surface area is 97.4 Å². The van der Waals surface area contributed by atoms with Gasteiger partial charge in [0.25, 0.3) is 0 Å². The molecule has 0 radical (unpaired) electrons. The SMILES string of the molecule is NC[C@]1(CC(=O)O)CCC2CCCC[C@H]2C1. The van der Waals surface area contributed by atoms with Gasteiger partial charge in [0.2, 0.25) is 0 Å². The third-order valence-corrected chi connectivity index (χ3v) is 4.77. The molecule has 0 aromatic rings. The molecule has 3 atom stereocenters. The lowest BCUT2D eigenvalue weighted by Crippen LogP contribution is -2.41. The van der Waals surface area contributed by atoms with Gasteiger partial charge in [-0.25, -0.2) is 0 Å². The fourth-order valence-corrected chi connectivity index (χ4v) is 3.82. The Kier molecular flexibility index (Phi) is 3.53. The van der Waals surface area contributed by atoms with Crippen molar-refractivity contribution in [2.45, 2.75) is 51.4 Å². The summed E-state index contributed by atoms with van der Waals surface area (Å²) in [5.41, 5.74) is 5.75. The van der Waals surface area contributed by atoms with E-state index in [1.165, 1.54) is 32.1 Å². The summed E-state index contributed by atoms with van der Waals surface area (Å²) in [6.07, 6.45) is 8.91. The predicted molar refractivity (Wildman–Crippen MR) is 63.0 cm³/mol. The van der Waals surface area contributed by atoms with E-state index in [1.807, 2.05) is 0 Å². The number of fused-ring (bicyclic) bond motifs is 1. The highest BCUT2D eigenvalue weighted by Crippen LogP contribution is 2.49. The largest absolute Gasteiger partial charge is 0.481 e. The fourth-order valence-electron chi connectivity index (χ4n) is 3.82. The van der Waals surface area contributed by atoms with Gasteiger partial charge in [0, 0.05) is 0 Å². The average molecular weight is 225 g/mol. The number of carboxylic acid groups (broad SMARTS) is 1. The smallest absolute Gasteiger partial charge is 0.303 e. The van der Waals surface area contributed by atoms with Gasteiger partial charge >= 0.3 is 5.97 Å². The lowest BCUT2D eigenvalue weighted by atomic mass is 9.60. The van der Waals surface area contributed by atoms with Crippen LogP contribution in [-0.2, 0) is 4.79 Å². The molecule has 3 heteroatoms. The molecule has 0 amide bonds. The first kappa shape index (κ1) is 11.9. The Morgan fingerprint density at radius 3 is 2.56 bits per heavy atom. The second-order valence-electron chi connectivity index (χ2n) is 5.82. The molecule has 92 valence electrons. The molecular formula is C13H23NO2. The summed E-state index contributed by atoms with van der Waals surface area (Å²) in [4.78, 5) is 10.9. The van der Waals surface area contributed by atoms with Crippen LogP contribution in [-0.4, -0.2) is 17.6 Å². The van der Waals surface area contributed by atoms with Gasteiger partial charge in [-0.2, -0.15) is 0 Å². The lowest BCUT2D eigenvalue weighted by Gasteiger charge is -2.45. The zero-order valence-corrected chi connectivity index (χ0v) is 9.95. The average Bonchev–Trinajstić information content (AvgIpc) is 2.28. The van der Waals surface area contributed by atoms with Crippen molar-refractivity contribution in [1.82, 2.24) is 0 Å². The van der Waals surface area contributed by atoms with Gasteiger partial charge in [-0.15, -0.1) is 0 Å². The number of hydrogen-bond donors (Lipinski definition) is 2. The topological polar surface area (TPSA) is 63.3 Å². The van der Waals surface area contributed by atoms with E-state index in [1.54, 1.807) is 0 Å². The second kappa shape index (κ2) is 4.74. The molecule has 0 spiro atoms. The van der Waals surface area contributed by atoms with Crippen LogP contribution in [0.25, 0.3) is 0 Å². The molecule has 2 aliphatic carbocycles. The first-order chi connectivity index (χ1) is 7.65. The molecule has 2 saturated carbocycles. The Morgan fingerprint density at radius 2 is 1.94 bits per heavy atom. The van der Waals surface area contributed by atoms with Crippen molar-refractivity contribution >= 4 is 5.97 Å². The highest BCUT2D eigenvalue weighted by Gasteiger charge is 2.41. The van der Waals surface area contributed by atoms with E-state index >= 15 is 0 Å². The first-order valence-corrected chi connectivity index (χ1v) is 6.57. The van der Waals surface area contributed by atoms with Crippen molar-refractivity contribution in [2.75, 3.05) is 6.54 Å². The molecule has 0 aromatic carbocycles. The quantitative estimate of drug-likeness (QED) is 0.775. The van der Waals surface area contributed by atoms with Crippen LogP contribution in [0.15, 0.2) is 0 Å². The highest BCUT2D eigenvalue weighted by molar-refractivity contribution is 5.67. The highest BCUT2D eigenvalue weighted by atomic mass is 16.4. The molecule has 0 heterocycles. The third kappa shape index (κ3) is 2.40. The summed E-state index contributed by atoms with van der Waals surface area (Å²) >= 11 is 0. The van der Waals surface area contributed by atoms with Gasteiger partial charge in [-0.3, -0.25) is 4.79 Å². The monoisotopic (exact) mass is 225 g/mol. The molecule has 0 saturated heterocycles. The summed E-state index contributed by atoms with van der Waals surface area (Å²) < 4.78 is 0. The van der Waals surface area contributed by atoms with Crippen LogP contribution in [0.3, 0.4) is 0 Å². The normalized spacial score (nSPS) is 39.1. The summed E-state index contributed by atoms with van der Waals surface area (Å²) in [5.74, 6) is 0.937. The van der Waals surface area contributed by atoms with Crippen LogP contribution in [0.2, 0.25) is 0 Å². The molecule has 2 rings (SSSR count). The Bertz CT molecular complexity index is 267. The Balaban J connectivity index is 2.03. The van der Waals surface area contributed by atoms with Crippen molar-refractivity contribution in [1.29, 1.82) is 0 Å². The molecule has 2 fully saturated rings. The van der Waals surface area contributed by atoms with Gasteiger partial charge in [0.05, 0.1) is 6.42 Å². The number of nitrogens with two attached hydrogens (primary N) is 1. The minimum atomic E-state index is -0.681. The number of carboxylic acids is 1. The summed E-state index contributed by atoms with van der Waals surface area (Å²) in [6, 6.07) is 0. The van der Waals surface area contributed by atoms with Gasteiger partial charge in [-0.1, -0.05) is 25.7 Å². The van der Waals surface area contributed by atoms with Crippen LogP contribution < -0.4 is 5.73 Å². The molecule has 3 nitrogen and oxygen atoms in total. The zero-order valence-electron chi connectivity index (χ0n) is 9.95. The molecule has 3 N–H and O–H groups in total. The minimum Gasteiger partial charge on any atom is -0.481 e. The van der Waals surface area contributed by atoms with Gasteiger partial charge in [0.1, 0.15) is 0 Å². The summed E-state index contributed by atoms with van der Waals surface area (Å²) in [7, 11) is 0. The Hall–Kier alpha value is -0.570. The standard InChI is InChI=1S/C13H23NO2/c14-9-13(8-12(15)16)6-5-10-3-1-2-4-11(10)7-13/h10-11H,1-9,14H2,(H,15,16)/t10?,11-,13+/m0/s1. The third-order valence-electron chi connectivity index (χ3n) is 4.77. The van der Waals surface area contributed by atoms with Crippen molar-refractivity contribution in [3.8, 4) is 0 Å². The van der Waals surface area contributed by atoms with E-state index in [0.29, 0.717) is 6.54 Å². The van der Waals surface area contributed by atoms with E-state index in [-0.39, 0.29) is 11.8 Å². The van der Waals surface area contributed by atoms with E-state index in [4.69, 9.17) is 10.8 Å². The zero-order chi connectivity index (χ0) is 11.6. The minimum absolute atomic E-state index is 0.0929. The molecule has 0 aliphatic heterocycles. The number of aliphatic carboxylic acids is 1. The lowest BCUT2D eigenvalue weighted by molar-refractivity contribution is -0.141. The van der Waals surface area contributed by atoms with Crippen molar-refractivity contribution in [3.05, 3.63) is 0 Å². The van der Waals surface area contributed by atoms with Crippen LogP contribution in [0.4, 0.5) is 0 Å². The van der Waals surface area contributed by atoms with E-state index in [2.05, 4.69) is 0 Å². The van der Waals surface area contributed by atoms with Gasteiger partial charge in [0.15, 0.2) is 0 Å². The number of rotatable bonds is 3. The predicted octanol–water partition coefficient (Wildman–Crippen LogP) is 2.40. The maximum Gasteiger partial charge on any atom is 0.303 e. The van der Waals surface area contributed by atoms with Crippen LogP contribution >= 0.6 is 0 Å². The molecule has 0 aromatic heterocycles. The van der Waals surface area contributed by atoms with Crippen molar-refractivity contribution in [2.24, 2.45) is 23.0 Å². The van der Waals surface area contributed by atoms with Gasteiger partial charge < -0.3 is 10.8 Å². The fraction of sp³-hybridized carbons (Fsp3) is 0.923. The van der Waals surface area contributed by atoms with Crippen molar-refractivity contribution in [3.63, 3.8) is 0 Å². The molecule has 1 unspecified atom stereocenters. The maximum absolute atomic E-state index is 10.9. The van der Waals surface area contributed by atoms with E-state index in [9.17, 15) is 4.79 Å². The van der Waals surface area contributed by atoms with Crippen LogP contribution in [0.1, 0.15) is 51.4 Å². The van der Waals surface area contributed by atoms with Crippen molar-refractivity contribution < 1.29 is 9.90 Å².